The van der Waals surface area contributed by atoms with Crippen LogP contribution in [0.15, 0.2) is 24.3 Å². The molecule has 0 aliphatic carbocycles. The Kier molecular flexibility index (Phi) is 7.25. The SMILES string of the molecule is C[C@@H](CC(N)=O)C(=O)NCc1ccccc1CN1CCCCCC1. The smallest absolute Gasteiger partial charge is 0.223 e. The van der Waals surface area contributed by atoms with E-state index in [4.69, 9.17) is 5.73 Å². The highest BCUT2D eigenvalue weighted by Gasteiger charge is 2.16. The number of carbonyl (C=O) groups is 2. The lowest BCUT2D eigenvalue weighted by Gasteiger charge is -2.22. The number of nitrogens with zero attached hydrogens (tertiary/aromatic N) is 1. The third-order valence-corrected chi connectivity index (χ3v) is 4.62. The normalized spacial score (nSPS) is 17.0. The number of nitrogens with two attached hydrogens (primary N) is 1. The van der Waals surface area contributed by atoms with Gasteiger partial charge in [-0.15, -0.1) is 0 Å². The van der Waals surface area contributed by atoms with Gasteiger partial charge in [0.15, 0.2) is 0 Å². The molecule has 24 heavy (non-hydrogen) atoms. The van der Waals surface area contributed by atoms with Crippen molar-refractivity contribution in [2.75, 3.05) is 13.1 Å². The molecule has 1 aliphatic rings. The van der Waals surface area contributed by atoms with Crippen LogP contribution in [0.4, 0.5) is 0 Å². The maximum Gasteiger partial charge on any atom is 0.223 e. The number of likely N-dealkylation sites (tertiary alicyclic amines) is 1. The van der Waals surface area contributed by atoms with Crippen molar-refractivity contribution in [1.29, 1.82) is 0 Å². The Hall–Kier alpha value is -1.88. The Balaban J connectivity index is 1.93. The summed E-state index contributed by atoms with van der Waals surface area (Å²) in [7, 11) is 0. The summed E-state index contributed by atoms with van der Waals surface area (Å²) in [6, 6.07) is 8.25. The maximum atomic E-state index is 12.1. The van der Waals surface area contributed by atoms with E-state index in [1.165, 1.54) is 31.2 Å². The molecule has 0 aromatic heterocycles. The Bertz CT molecular complexity index is 551. The van der Waals surface area contributed by atoms with Crippen molar-refractivity contribution in [3.8, 4) is 0 Å². The number of benzene rings is 1. The first-order valence-corrected chi connectivity index (χ1v) is 8.91. The Morgan fingerprint density at radius 2 is 1.75 bits per heavy atom. The van der Waals surface area contributed by atoms with Gasteiger partial charge in [0.1, 0.15) is 0 Å². The summed E-state index contributed by atoms with van der Waals surface area (Å²) in [6.07, 6.45) is 5.27. The minimum Gasteiger partial charge on any atom is -0.370 e. The summed E-state index contributed by atoms with van der Waals surface area (Å²) in [4.78, 5) is 25.5. The number of hydrogen-bond acceptors (Lipinski definition) is 3. The first kappa shape index (κ1) is 18.5. The number of primary amides is 1. The van der Waals surface area contributed by atoms with Gasteiger partial charge in [0.05, 0.1) is 0 Å². The highest BCUT2D eigenvalue weighted by molar-refractivity contribution is 5.84. The lowest BCUT2D eigenvalue weighted by Crippen LogP contribution is -2.32. The molecule has 1 saturated heterocycles. The summed E-state index contributed by atoms with van der Waals surface area (Å²) >= 11 is 0. The molecule has 1 fully saturated rings. The van der Waals surface area contributed by atoms with Gasteiger partial charge < -0.3 is 11.1 Å². The van der Waals surface area contributed by atoms with Crippen LogP contribution < -0.4 is 11.1 Å². The molecule has 132 valence electrons. The molecule has 0 spiro atoms. The van der Waals surface area contributed by atoms with Crippen molar-refractivity contribution in [3.63, 3.8) is 0 Å². The standard InChI is InChI=1S/C19H29N3O2/c1-15(12-18(20)23)19(24)21-13-16-8-4-5-9-17(16)14-22-10-6-2-3-7-11-22/h4-5,8-9,15H,2-3,6-7,10-14H2,1H3,(H2,20,23)(H,21,24)/t15-/m0/s1. The molecule has 0 unspecified atom stereocenters. The number of carbonyl (C=O) groups excluding carboxylic acids is 2. The summed E-state index contributed by atoms with van der Waals surface area (Å²) in [5, 5.41) is 2.93. The minimum atomic E-state index is -0.445. The highest BCUT2D eigenvalue weighted by Crippen LogP contribution is 2.16. The van der Waals surface area contributed by atoms with Crippen LogP contribution in [-0.4, -0.2) is 29.8 Å². The van der Waals surface area contributed by atoms with E-state index < -0.39 is 5.91 Å². The largest absolute Gasteiger partial charge is 0.370 e. The van der Waals surface area contributed by atoms with Crippen molar-refractivity contribution in [2.45, 2.75) is 52.1 Å². The second-order valence-electron chi connectivity index (χ2n) is 6.75. The monoisotopic (exact) mass is 331 g/mol. The molecule has 1 aromatic carbocycles. The molecule has 1 aromatic rings. The average Bonchev–Trinajstić information content (AvgIpc) is 2.81. The van der Waals surface area contributed by atoms with Gasteiger partial charge in [-0.05, 0) is 37.1 Å². The van der Waals surface area contributed by atoms with Crippen LogP contribution in [0, 0.1) is 5.92 Å². The third kappa shape index (κ3) is 5.96. The molecule has 2 amide bonds. The predicted octanol–water partition coefficient (Wildman–Crippen LogP) is 2.19. The van der Waals surface area contributed by atoms with Crippen LogP contribution in [0.1, 0.15) is 50.2 Å². The van der Waals surface area contributed by atoms with Gasteiger partial charge in [0.2, 0.25) is 11.8 Å². The van der Waals surface area contributed by atoms with Crippen molar-refractivity contribution in [2.24, 2.45) is 11.7 Å². The van der Waals surface area contributed by atoms with Crippen molar-refractivity contribution < 1.29 is 9.59 Å². The van der Waals surface area contributed by atoms with E-state index in [1.54, 1.807) is 6.92 Å². The number of amides is 2. The molecule has 0 bridgehead atoms. The van der Waals surface area contributed by atoms with E-state index in [0.29, 0.717) is 6.54 Å². The van der Waals surface area contributed by atoms with Gasteiger partial charge in [-0.2, -0.15) is 0 Å². The third-order valence-electron chi connectivity index (χ3n) is 4.62. The summed E-state index contributed by atoms with van der Waals surface area (Å²) in [6.45, 7) is 5.45. The maximum absolute atomic E-state index is 12.1. The van der Waals surface area contributed by atoms with Crippen LogP contribution >= 0.6 is 0 Å². The zero-order valence-electron chi connectivity index (χ0n) is 14.6. The Morgan fingerprint density at radius 3 is 2.38 bits per heavy atom. The molecule has 1 heterocycles. The fourth-order valence-electron chi connectivity index (χ4n) is 3.17. The van der Waals surface area contributed by atoms with E-state index >= 15 is 0 Å². The second-order valence-corrected chi connectivity index (χ2v) is 6.75. The van der Waals surface area contributed by atoms with Crippen molar-refractivity contribution >= 4 is 11.8 Å². The molecule has 5 nitrogen and oxygen atoms in total. The molecule has 0 saturated carbocycles. The Labute approximate surface area is 144 Å². The molecule has 1 aliphatic heterocycles. The van der Waals surface area contributed by atoms with E-state index in [2.05, 4.69) is 22.3 Å². The van der Waals surface area contributed by atoms with E-state index in [1.807, 2.05) is 12.1 Å². The number of nitrogens with one attached hydrogen (secondary N) is 1. The van der Waals surface area contributed by atoms with Crippen molar-refractivity contribution in [3.05, 3.63) is 35.4 Å². The number of hydrogen-bond donors (Lipinski definition) is 2. The first-order chi connectivity index (χ1) is 11.6. The number of rotatable bonds is 7. The predicted molar refractivity (Wildman–Crippen MR) is 95.0 cm³/mol. The first-order valence-electron chi connectivity index (χ1n) is 8.91. The summed E-state index contributed by atoms with van der Waals surface area (Å²) in [5.74, 6) is -0.960. The molecule has 3 N–H and O–H groups in total. The zero-order valence-corrected chi connectivity index (χ0v) is 14.6. The van der Waals surface area contributed by atoms with Gasteiger partial charge in [0.25, 0.3) is 0 Å². The second kappa shape index (κ2) is 9.42. The van der Waals surface area contributed by atoms with E-state index in [9.17, 15) is 9.59 Å². The molecule has 2 rings (SSSR count). The van der Waals surface area contributed by atoms with Gasteiger partial charge in [0, 0.05) is 25.4 Å². The van der Waals surface area contributed by atoms with Crippen LogP contribution in [0.3, 0.4) is 0 Å². The van der Waals surface area contributed by atoms with Gasteiger partial charge >= 0.3 is 0 Å². The Morgan fingerprint density at radius 1 is 1.12 bits per heavy atom. The van der Waals surface area contributed by atoms with Crippen LogP contribution in [0.25, 0.3) is 0 Å². The van der Waals surface area contributed by atoms with E-state index in [-0.39, 0.29) is 18.2 Å². The van der Waals surface area contributed by atoms with Gasteiger partial charge in [-0.3, -0.25) is 14.5 Å². The van der Waals surface area contributed by atoms with Crippen LogP contribution in [-0.2, 0) is 22.7 Å². The average molecular weight is 331 g/mol. The fourth-order valence-corrected chi connectivity index (χ4v) is 3.17. The zero-order chi connectivity index (χ0) is 17.4. The molecule has 1 atom stereocenters. The quantitative estimate of drug-likeness (QED) is 0.804. The van der Waals surface area contributed by atoms with Crippen LogP contribution in [0.2, 0.25) is 0 Å². The lowest BCUT2D eigenvalue weighted by molar-refractivity contribution is -0.128. The highest BCUT2D eigenvalue weighted by atomic mass is 16.2. The van der Waals surface area contributed by atoms with Crippen molar-refractivity contribution in [1.82, 2.24) is 10.2 Å². The summed E-state index contributed by atoms with van der Waals surface area (Å²) < 4.78 is 0. The lowest BCUT2D eigenvalue weighted by atomic mass is 10.0. The van der Waals surface area contributed by atoms with E-state index in [0.717, 1.165) is 25.2 Å². The molecular weight excluding hydrogens is 302 g/mol. The topological polar surface area (TPSA) is 75.4 Å². The molecule has 5 heteroatoms. The van der Waals surface area contributed by atoms with Gasteiger partial charge in [-0.25, -0.2) is 0 Å². The van der Waals surface area contributed by atoms with Crippen LogP contribution in [0.5, 0.6) is 0 Å². The van der Waals surface area contributed by atoms with Gasteiger partial charge in [-0.1, -0.05) is 44.0 Å². The summed E-state index contributed by atoms with van der Waals surface area (Å²) in [5.41, 5.74) is 7.56. The molecule has 0 radical (unpaired) electrons. The molecular formula is C19H29N3O2. The fraction of sp³-hybridized carbons (Fsp3) is 0.579. The minimum absolute atomic E-state index is 0.0846.